The summed E-state index contributed by atoms with van der Waals surface area (Å²) in [5.41, 5.74) is 2.38. The van der Waals surface area contributed by atoms with Crippen LogP contribution in [0.2, 0.25) is 5.02 Å². The number of hydrogen-bond donors (Lipinski definition) is 0. The predicted octanol–water partition coefficient (Wildman–Crippen LogP) is 4.39. The molecule has 8 heteroatoms. The monoisotopic (exact) mass is 455 g/mol. The van der Waals surface area contributed by atoms with Gasteiger partial charge in [-0.3, -0.25) is 19.0 Å². The zero-order chi connectivity index (χ0) is 23.6. The largest absolute Gasteiger partial charge is 0.464 e. The van der Waals surface area contributed by atoms with Gasteiger partial charge in [0, 0.05) is 30.5 Å². The van der Waals surface area contributed by atoms with Crippen molar-refractivity contribution in [1.82, 2.24) is 9.55 Å². The van der Waals surface area contributed by atoms with Crippen LogP contribution in [0.5, 0.6) is 0 Å². The molecular formula is C24H26ClN3O4. The van der Waals surface area contributed by atoms with Crippen molar-refractivity contribution in [2.45, 2.75) is 40.5 Å². The van der Waals surface area contributed by atoms with Crippen molar-refractivity contribution in [2.24, 2.45) is 0 Å². The van der Waals surface area contributed by atoms with Gasteiger partial charge in [0.25, 0.3) is 5.56 Å². The highest BCUT2D eigenvalue weighted by molar-refractivity contribution is 6.30. The maximum atomic E-state index is 13.5. The molecule has 0 spiro atoms. The number of benzene rings is 2. The number of ether oxygens (including phenoxy) is 1. The summed E-state index contributed by atoms with van der Waals surface area (Å²) < 4.78 is 6.61. The minimum absolute atomic E-state index is 0.0290. The number of carbonyl (C=O) groups is 2. The summed E-state index contributed by atoms with van der Waals surface area (Å²) in [5, 5.41) is 1.04. The van der Waals surface area contributed by atoms with Crippen LogP contribution < -0.4 is 10.5 Å². The van der Waals surface area contributed by atoms with E-state index in [4.69, 9.17) is 21.3 Å². The van der Waals surface area contributed by atoms with Crippen molar-refractivity contribution in [3.8, 4) is 5.69 Å². The van der Waals surface area contributed by atoms with Crippen LogP contribution in [0.15, 0.2) is 41.2 Å². The molecule has 0 aliphatic rings. The SMILES string of the molecule is CC(=O)OCCN(C(C)=O)c1ccc2c(=O)n(-c3ccc(Cl)cc3)c(C(C)C)nc2c1C. The summed E-state index contributed by atoms with van der Waals surface area (Å²) in [6.07, 6.45) is 0. The number of esters is 1. The first kappa shape index (κ1) is 23.5. The summed E-state index contributed by atoms with van der Waals surface area (Å²) >= 11 is 6.02. The number of fused-ring (bicyclic) bond motifs is 1. The molecule has 0 N–H and O–H groups in total. The molecule has 0 aliphatic carbocycles. The van der Waals surface area contributed by atoms with Crippen molar-refractivity contribution in [2.75, 3.05) is 18.1 Å². The molecule has 0 saturated heterocycles. The first-order chi connectivity index (χ1) is 15.1. The number of rotatable bonds is 6. The van der Waals surface area contributed by atoms with Gasteiger partial charge in [-0.1, -0.05) is 25.4 Å². The second-order valence-corrected chi connectivity index (χ2v) is 8.29. The van der Waals surface area contributed by atoms with Gasteiger partial charge in [0.1, 0.15) is 12.4 Å². The summed E-state index contributed by atoms with van der Waals surface area (Å²) in [6.45, 7) is 8.84. The number of nitrogens with zero attached hydrogens (tertiary/aromatic N) is 3. The van der Waals surface area contributed by atoms with Gasteiger partial charge < -0.3 is 9.64 Å². The number of carbonyl (C=O) groups excluding carboxylic acids is 2. The summed E-state index contributed by atoms with van der Waals surface area (Å²) in [4.78, 5) is 43.3. The van der Waals surface area contributed by atoms with Crippen LogP contribution in [0.1, 0.15) is 45.0 Å². The molecule has 0 bridgehead atoms. The first-order valence-electron chi connectivity index (χ1n) is 10.4. The Hall–Kier alpha value is -3.19. The van der Waals surface area contributed by atoms with Gasteiger partial charge >= 0.3 is 5.97 Å². The third-order valence-corrected chi connectivity index (χ3v) is 5.44. The standard InChI is InChI=1S/C24H26ClN3O4/c1-14(2)23-26-22-15(3)21(27(16(4)29)12-13-32-17(5)30)11-10-20(22)24(31)28(23)19-8-6-18(25)7-9-19/h6-11,14H,12-13H2,1-5H3. The fraction of sp³-hybridized carbons (Fsp3) is 0.333. The molecule has 0 radical (unpaired) electrons. The van der Waals surface area contributed by atoms with Crippen LogP contribution in [0.3, 0.4) is 0 Å². The maximum absolute atomic E-state index is 13.5. The zero-order valence-electron chi connectivity index (χ0n) is 18.8. The summed E-state index contributed by atoms with van der Waals surface area (Å²) in [7, 11) is 0. The van der Waals surface area contributed by atoms with Gasteiger partial charge in [-0.05, 0) is 48.9 Å². The molecule has 0 aliphatic heterocycles. The number of hydrogen-bond acceptors (Lipinski definition) is 5. The molecule has 2 aromatic carbocycles. The molecule has 168 valence electrons. The van der Waals surface area contributed by atoms with Crippen molar-refractivity contribution < 1.29 is 14.3 Å². The van der Waals surface area contributed by atoms with Crippen LogP contribution in [-0.4, -0.2) is 34.6 Å². The van der Waals surface area contributed by atoms with Crippen molar-refractivity contribution in [3.05, 3.63) is 63.2 Å². The Labute approximate surface area is 191 Å². The lowest BCUT2D eigenvalue weighted by atomic mass is 10.1. The molecule has 1 heterocycles. The lowest BCUT2D eigenvalue weighted by molar-refractivity contribution is -0.140. The minimum Gasteiger partial charge on any atom is -0.464 e. The Kier molecular flexibility index (Phi) is 6.99. The fourth-order valence-corrected chi connectivity index (χ4v) is 3.77. The average molecular weight is 456 g/mol. The van der Waals surface area contributed by atoms with Gasteiger partial charge in [0.2, 0.25) is 5.91 Å². The van der Waals surface area contributed by atoms with Crippen LogP contribution in [-0.2, 0) is 14.3 Å². The van der Waals surface area contributed by atoms with E-state index < -0.39 is 5.97 Å². The van der Waals surface area contributed by atoms with E-state index in [0.29, 0.717) is 38.7 Å². The van der Waals surface area contributed by atoms with Crippen LogP contribution >= 0.6 is 11.6 Å². The highest BCUT2D eigenvalue weighted by atomic mass is 35.5. The number of anilines is 1. The third-order valence-electron chi connectivity index (χ3n) is 5.18. The predicted molar refractivity (Wildman–Crippen MR) is 126 cm³/mol. The number of amides is 1. The lowest BCUT2D eigenvalue weighted by Gasteiger charge is -2.24. The molecule has 0 atom stereocenters. The summed E-state index contributed by atoms with van der Waals surface area (Å²) in [5.74, 6) is -0.0222. The molecule has 0 fully saturated rings. The Balaban J connectivity index is 2.19. The van der Waals surface area contributed by atoms with Gasteiger partial charge in [-0.2, -0.15) is 0 Å². The Morgan fingerprint density at radius 3 is 2.34 bits per heavy atom. The minimum atomic E-state index is -0.408. The Morgan fingerprint density at radius 2 is 1.78 bits per heavy atom. The highest BCUT2D eigenvalue weighted by Crippen LogP contribution is 2.28. The van der Waals surface area contributed by atoms with Crippen molar-refractivity contribution >= 4 is 40.1 Å². The van der Waals surface area contributed by atoms with Gasteiger partial charge in [-0.15, -0.1) is 0 Å². The van der Waals surface area contributed by atoms with E-state index in [1.807, 2.05) is 20.8 Å². The molecular weight excluding hydrogens is 430 g/mol. The quantitative estimate of drug-likeness (QED) is 0.515. The lowest BCUT2D eigenvalue weighted by Crippen LogP contribution is -2.33. The van der Waals surface area contributed by atoms with E-state index in [1.165, 1.54) is 18.7 Å². The number of aryl methyl sites for hydroxylation is 1. The average Bonchev–Trinajstić information content (AvgIpc) is 2.72. The Bertz CT molecular complexity index is 1230. The van der Waals surface area contributed by atoms with Crippen molar-refractivity contribution in [1.29, 1.82) is 0 Å². The van der Waals surface area contributed by atoms with E-state index in [1.54, 1.807) is 41.0 Å². The smallest absolute Gasteiger partial charge is 0.302 e. The van der Waals surface area contributed by atoms with Crippen LogP contribution in [0.25, 0.3) is 16.6 Å². The van der Waals surface area contributed by atoms with Crippen LogP contribution in [0, 0.1) is 6.92 Å². The van der Waals surface area contributed by atoms with E-state index in [0.717, 1.165) is 0 Å². The molecule has 0 unspecified atom stereocenters. The van der Waals surface area contributed by atoms with E-state index in [9.17, 15) is 14.4 Å². The van der Waals surface area contributed by atoms with Gasteiger partial charge in [0.15, 0.2) is 0 Å². The highest BCUT2D eigenvalue weighted by Gasteiger charge is 2.21. The second-order valence-electron chi connectivity index (χ2n) is 7.86. The van der Waals surface area contributed by atoms with Crippen LogP contribution in [0.4, 0.5) is 5.69 Å². The molecule has 1 amide bonds. The molecule has 32 heavy (non-hydrogen) atoms. The van der Waals surface area contributed by atoms with Gasteiger partial charge in [0.05, 0.1) is 23.1 Å². The Morgan fingerprint density at radius 1 is 1.12 bits per heavy atom. The van der Waals surface area contributed by atoms with Gasteiger partial charge in [-0.25, -0.2) is 4.98 Å². The molecule has 3 aromatic rings. The van der Waals surface area contributed by atoms with Crippen molar-refractivity contribution in [3.63, 3.8) is 0 Å². The second kappa shape index (κ2) is 9.53. The maximum Gasteiger partial charge on any atom is 0.302 e. The molecule has 3 rings (SSSR count). The summed E-state index contributed by atoms with van der Waals surface area (Å²) in [6, 6.07) is 10.5. The molecule has 1 aromatic heterocycles. The molecule has 7 nitrogen and oxygen atoms in total. The topological polar surface area (TPSA) is 81.5 Å². The first-order valence-corrected chi connectivity index (χ1v) is 10.7. The normalized spacial score (nSPS) is 11.1. The van der Waals surface area contributed by atoms with E-state index in [2.05, 4.69) is 0 Å². The zero-order valence-corrected chi connectivity index (χ0v) is 19.6. The third kappa shape index (κ3) is 4.67. The number of aromatic nitrogens is 2. The van der Waals surface area contributed by atoms with E-state index >= 15 is 0 Å². The molecule has 0 saturated carbocycles. The fourth-order valence-electron chi connectivity index (χ4n) is 3.64. The van der Waals surface area contributed by atoms with E-state index in [-0.39, 0.29) is 30.5 Å². The number of halogens is 1.